The van der Waals surface area contributed by atoms with Crippen molar-refractivity contribution in [2.24, 2.45) is 0 Å². The second-order valence-electron chi connectivity index (χ2n) is 4.51. The molecule has 3 nitrogen and oxygen atoms in total. The Bertz CT molecular complexity index is 359. The van der Waals surface area contributed by atoms with E-state index in [1.807, 2.05) is 12.1 Å². The van der Waals surface area contributed by atoms with Gasteiger partial charge in [-0.15, -0.1) is 0 Å². The van der Waals surface area contributed by atoms with Crippen LogP contribution in [-0.4, -0.2) is 20.3 Å². The summed E-state index contributed by atoms with van der Waals surface area (Å²) in [5.74, 6) is 0. The molecular weight excluding hydrogens is 226 g/mol. The summed E-state index contributed by atoms with van der Waals surface area (Å²) >= 11 is 0. The number of rotatable bonds is 6. The van der Waals surface area contributed by atoms with Gasteiger partial charge in [-0.05, 0) is 30.5 Å². The molecule has 1 rings (SSSR count). The molecule has 0 aliphatic carbocycles. The summed E-state index contributed by atoms with van der Waals surface area (Å²) in [4.78, 5) is 12.8. The van der Waals surface area contributed by atoms with Crippen LogP contribution in [0.3, 0.4) is 0 Å². The molecule has 0 unspecified atom stereocenters. The molecule has 100 valence electrons. The minimum Gasteiger partial charge on any atom is -0.452 e. The maximum absolute atomic E-state index is 11.3. The summed E-state index contributed by atoms with van der Waals surface area (Å²) in [6.07, 6.45) is 5.87. The molecule has 1 amide bonds. The van der Waals surface area contributed by atoms with Gasteiger partial charge in [0.1, 0.15) is 0 Å². The zero-order chi connectivity index (χ0) is 13.4. The van der Waals surface area contributed by atoms with Gasteiger partial charge in [0.2, 0.25) is 0 Å². The molecule has 0 heterocycles. The van der Waals surface area contributed by atoms with E-state index < -0.39 is 0 Å². The summed E-state index contributed by atoms with van der Waals surface area (Å²) < 4.78 is 4.68. The number of anilines is 1. The summed E-state index contributed by atoms with van der Waals surface area (Å²) in [5, 5.41) is 0. The average molecular weight is 249 g/mol. The highest BCUT2D eigenvalue weighted by Gasteiger charge is 2.09. The number of hydrogen-bond donors (Lipinski definition) is 0. The second kappa shape index (κ2) is 7.75. The SMILES string of the molecule is CCCCCCc1ccc(N(C)C(=O)OC)cc1. The first-order valence-electron chi connectivity index (χ1n) is 6.59. The number of carbonyl (C=O) groups excluding carboxylic acids is 1. The number of carbonyl (C=O) groups is 1. The molecule has 0 aromatic heterocycles. The lowest BCUT2D eigenvalue weighted by Gasteiger charge is -2.15. The van der Waals surface area contributed by atoms with Crippen LogP contribution in [0.1, 0.15) is 38.2 Å². The Morgan fingerprint density at radius 2 is 1.83 bits per heavy atom. The van der Waals surface area contributed by atoms with Crippen molar-refractivity contribution in [1.82, 2.24) is 0 Å². The minimum absolute atomic E-state index is 0.342. The van der Waals surface area contributed by atoms with E-state index in [-0.39, 0.29) is 6.09 Å². The van der Waals surface area contributed by atoms with Gasteiger partial charge in [-0.2, -0.15) is 0 Å². The molecule has 0 saturated carbocycles. The Balaban J connectivity index is 2.49. The minimum atomic E-state index is -0.342. The number of nitrogens with zero attached hydrogens (tertiary/aromatic N) is 1. The van der Waals surface area contributed by atoms with E-state index in [9.17, 15) is 4.79 Å². The van der Waals surface area contributed by atoms with Crippen molar-refractivity contribution < 1.29 is 9.53 Å². The summed E-state index contributed by atoms with van der Waals surface area (Å²) in [6.45, 7) is 2.22. The highest BCUT2D eigenvalue weighted by atomic mass is 16.5. The van der Waals surface area contributed by atoms with Crippen molar-refractivity contribution >= 4 is 11.8 Å². The highest BCUT2D eigenvalue weighted by molar-refractivity contribution is 5.86. The molecule has 18 heavy (non-hydrogen) atoms. The molecule has 0 N–H and O–H groups in total. The van der Waals surface area contributed by atoms with Gasteiger partial charge in [0.05, 0.1) is 7.11 Å². The number of unbranched alkanes of at least 4 members (excludes halogenated alkanes) is 3. The summed E-state index contributed by atoms with van der Waals surface area (Å²) in [6, 6.07) is 8.10. The van der Waals surface area contributed by atoms with Crippen LogP contribution < -0.4 is 4.90 Å². The van der Waals surface area contributed by atoms with Crippen LogP contribution in [0.2, 0.25) is 0 Å². The van der Waals surface area contributed by atoms with Crippen molar-refractivity contribution in [1.29, 1.82) is 0 Å². The maximum Gasteiger partial charge on any atom is 0.413 e. The van der Waals surface area contributed by atoms with E-state index >= 15 is 0 Å². The Hall–Kier alpha value is -1.51. The Kier molecular flexibility index (Phi) is 6.26. The van der Waals surface area contributed by atoms with E-state index in [2.05, 4.69) is 23.8 Å². The fraction of sp³-hybridized carbons (Fsp3) is 0.533. The van der Waals surface area contributed by atoms with Crippen LogP contribution in [0.15, 0.2) is 24.3 Å². The van der Waals surface area contributed by atoms with Gasteiger partial charge in [-0.3, -0.25) is 4.90 Å². The first kappa shape index (κ1) is 14.6. The van der Waals surface area contributed by atoms with Gasteiger partial charge in [0.25, 0.3) is 0 Å². The van der Waals surface area contributed by atoms with Gasteiger partial charge < -0.3 is 4.74 Å². The van der Waals surface area contributed by atoms with Gasteiger partial charge in [-0.25, -0.2) is 4.79 Å². The molecule has 0 fully saturated rings. The van der Waals surface area contributed by atoms with Crippen molar-refractivity contribution in [2.75, 3.05) is 19.1 Å². The Morgan fingerprint density at radius 1 is 1.17 bits per heavy atom. The van der Waals surface area contributed by atoms with Crippen LogP contribution in [0.25, 0.3) is 0 Å². The van der Waals surface area contributed by atoms with Gasteiger partial charge >= 0.3 is 6.09 Å². The third kappa shape index (κ3) is 4.40. The lowest BCUT2D eigenvalue weighted by atomic mass is 10.1. The normalized spacial score (nSPS) is 10.2. The molecule has 0 aliphatic rings. The lowest BCUT2D eigenvalue weighted by molar-refractivity contribution is 0.180. The highest BCUT2D eigenvalue weighted by Crippen LogP contribution is 2.16. The maximum atomic E-state index is 11.3. The quantitative estimate of drug-likeness (QED) is 0.713. The predicted molar refractivity (Wildman–Crippen MR) is 75.1 cm³/mol. The standard InChI is InChI=1S/C15H23NO2/c1-4-5-6-7-8-13-9-11-14(12-10-13)16(2)15(17)18-3/h9-12H,4-8H2,1-3H3. The number of ether oxygens (including phenoxy) is 1. The third-order valence-electron chi connectivity index (χ3n) is 3.09. The average Bonchev–Trinajstić information content (AvgIpc) is 2.42. The zero-order valence-corrected chi connectivity index (χ0v) is 11.6. The topological polar surface area (TPSA) is 29.5 Å². The van der Waals surface area contributed by atoms with Crippen LogP contribution in [0.5, 0.6) is 0 Å². The van der Waals surface area contributed by atoms with E-state index in [1.54, 1.807) is 7.05 Å². The zero-order valence-electron chi connectivity index (χ0n) is 11.6. The van der Waals surface area contributed by atoms with Gasteiger partial charge in [0.15, 0.2) is 0 Å². The molecule has 1 aromatic rings. The number of methoxy groups -OCH3 is 1. The molecule has 0 atom stereocenters. The smallest absolute Gasteiger partial charge is 0.413 e. The largest absolute Gasteiger partial charge is 0.452 e. The van der Waals surface area contributed by atoms with Crippen LogP contribution in [0.4, 0.5) is 10.5 Å². The Labute approximate surface area is 110 Å². The van der Waals surface area contributed by atoms with E-state index in [0.29, 0.717) is 0 Å². The second-order valence-corrected chi connectivity index (χ2v) is 4.51. The number of hydrogen-bond acceptors (Lipinski definition) is 2. The Morgan fingerprint density at radius 3 is 2.39 bits per heavy atom. The monoisotopic (exact) mass is 249 g/mol. The van der Waals surface area contributed by atoms with Gasteiger partial charge in [-0.1, -0.05) is 38.3 Å². The molecule has 3 heteroatoms. The van der Waals surface area contributed by atoms with E-state index in [0.717, 1.165) is 12.1 Å². The molecule has 1 aromatic carbocycles. The molecule has 0 saturated heterocycles. The fourth-order valence-corrected chi connectivity index (χ4v) is 1.88. The first-order valence-corrected chi connectivity index (χ1v) is 6.59. The summed E-state index contributed by atoms with van der Waals surface area (Å²) in [7, 11) is 3.10. The molecule has 0 aliphatic heterocycles. The van der Waals surface area contributed by atoms with Crippen LogP contribution in [0, 0.1) is 0 Å². The van der Waals surface area contributed by atoms with E-state index in [4.69, 9.17) is 0 Å². The molecular formula is C15H23NO2. The van der Waals surface area contributed by atoms with E-state index in [1.165, 1.54) is 43.3 Å². The molecule has 0 bridgehead atoms. The van der Waals surface area contributed by atoms with Crippen LogP contribution >= 0.6 is 0 Å². The first-order chi connectivity index (χ1) is 8.69. The molecule has 0 radical (unpaired) electrons. The number of benzene rings is 1. The van der Waals surface area contributed by atoms with Crippen molar-refractivity contribution in [3.63, 3.8) is 0 Å². The third-order valence-corrected chi connectivity index (χ3v) is 3.09. The van der Waals surface area contributed by atoms with Crippen LogP contribution in [-0.2, 0) is 11.2 Å². The van der Waals surface area contributed by atoms with Crippen molar-refractivity contribution in [3.05, 3.63) is 29.8 Å². The molecule has 0 spiro atoms. The number of amides is 1. The van der Waals surface area contributed by atoms with Crippen molar-refractivity contribution in [3.8, 4) is 0 Å². The van der Waals surface area contributed by atoms with Gasteiger partial charge in [0, 0.05) is 12.7 Å². The fourth-order valence-electron chi connectivity index (χ4n) is 1.88. The summed E-state index contributed by atoms with van der Waals surface area (Å²) in [5.41, 5.74) is 2.19. The lowest BCUT2D eigenvalue weighted by Crippen LogP contribution is -2.25. The predicted octanol–water partition coefficient (Wildman–Crippen LogP) is 4.01. The van der Waals surface area contributed by atoms with Crippen molar-refractivity contribution in [2.45, 2.75) is 39.0 Å². The number of aryl methyl sites for hydroxylation is 1.